The van der Waals surface area contributed by atoms with Gasteiger partial charge in [-0.3, -0.25) is 9.59 Å². The van der Waals surface area contributed by atoms with Crippen LogP contribution in [-0.2, 0) is 23.8 Å². The van der Waals surface area contributed by atoms with E-state index in [0.717, 1.165) is 36.6 Å². The molecule has 0 amide bonds. The lowest BCUT2D eigenvalue weighted by Gasteiger charge is -2.61. The van der Waals surface area contributed by atoms with Crippen LogP contribution in [0.5, 0.6) is 0 Å². The molecule has 4 aliphatic carbocycles. The third-order valence-electron chi connectivity index (χ3n) is 9.75. The molecule has 5 aliphatic rings. The number of ether oxygens (including phenoxy) is 3. The first-order chi connectivity index (χ1) is 15.6. The minimum Gasteiger partial charge on any atom is -0.393 e. The Bertz CT molecular complexity index is 914. The number of hydrogen-bond acceptors (Lipinski definition) is 6. The largest absolute Gasteiger partial charge is 0.393 e. The second-order valence-corrected chi connectivity index (χ2v) is 11.9. The molecule has 7 heteroatoms. The Morgan fingerprint density at radius 2 is 2.06 bits per heavy atom. The fourth-order valence-electron chi connectivity index (χ4n) is 8.19. The Hall–Kier alpha value is -0.860. The van der Waals surface area contributed by atoms with Crippen LogP contribution in [0.1, 0.15) is 58.8 Å². The lowest BCUT2D eigenvalue weighted by molar-refractivity contribution is -0.426. The van der Waals surface area contributed by atoms with E-state index in [1.165, 1.54) is 0 Å². The maximum absolute atomic E-state index is 13.5. The number of halogens is 1. The molecule has 0 aromatic carbocycles. The molecule has 0 bridgehead atoms. The zero-order valence-corrected chi connectivity index (χ0v) is 21.4. The molecular weight excluding hydrogens is 488 g/mol. The van der Waals surface area contributed by atoms with Gasteiger partial charge in [0.25, 0.3) is 5.97 Å². The summed E-state index contributed by atoms with van der Waals surface area (Å²) in [7, 11) is 1.57. The van der Waals surface area contributed by atoms with Gasteiger partial charge in [0, 0.05) is 35.6 Å². The van der Waals surface area contributed by atoms with E-state index in [-0.39, 0.29) is 41.3 Å². The molecule has 8 atom stereocenters. The molecule has 0 radical (unpaired) electrons. The minimum atomic E-state index is -1.23. The van der Waals surface area contributed by atoms with Crippen molar-refractivity contribution in [3.63, 3.8) is 0 Å². The van der Waals surface area contributed by atoms with E-state index >= 15 is 0 Å². The van der Waals surface area contributed by atoms with E-state index in [1.54, 1.807) is 19.3 Å². The van der Waals surface area contributed by atoms with E-state index in [4.69, 9.17) is 14.2 Å². The molecule has 6 nitrogen and oxygen atoms in total. The number of carbonyl (C=O) groups excluding carboxylic acids is 2. The van der Waals surface area contributed by atoms with Crippen LogP contribution in [0.15, 0.2) is 23.8 Å². The van der Waals surface area contributed by atoms with Gasteiger partial charge in [0.2, 0.25) is 0 Å². The van der Waals surface area contributed by atoms with Gasteiger partial charge >= 0.3 is 0 Å². The summed E-state index contributed by atoms with van der Waals surface area (Å²) in [4.78, 5) is 25.5. The number of fused-ring (bicyclic) bond motifs is 6. The minimum absolute atomic E-state index is 0.0297. The third kappa shape index (κ3) is 3.25. The second kappa shape index (κ2) is 8.09. The van der Waals surface area contributed by atoms with Crippen LogP contribution in [0.4, 0.5) is 0 Å². The number of alkyl halides is 1. The van der Waals surface area contributed by atoms with Crippen molar-refractivity contribution in [3.8, 4) is 0 Å². The van der Waals surface area contributed by atoms with Crippen LogP contribution in [0.3, 0.4) is 0 Å². The third-order valence-corrected chi connectivity index (χ3v) is 10.3. The van der Waals surface area contributed by atoms with E-state index in [1.807, 2.05) is 6.08 Å². The fraction of sp³-hybridized carbons (Fsp3) is 0.769. The summed E-state index contributed by atoms with van der Waals surface area (Å²) in [6.45, 7) is 4.28. The highest BCUT2D eigenvalue weighted by Crippen LogP contribution is 2.68. The van der Waals surface area contributed by atoms with Gasteiger partial charge in [-0.1, -0.05) is 41.4 Å². The SMILES string of the molecule is COC1(CCCBr)OCC(=O)[C@]2(CC[C@H]3[C@@H]4CCC5=CC(=O)C=C[C@]5(C)[C@H]4[C@@H](O)C[C@@]32C)O1. The molecule has 1 unspecified atom stereocenters. The maximum Gasteiger partial charge on any atom is 0.284 e. The number of ketones is 2. The summed E-state index contributed by atoms with van der Waals surface area (Å²) < 4.78 is 18.2. The Kier molecular flexibility index (Phi) is 5.85. The van der Waals surface area contributed by atoms with Crippen molar-refractivity contribution in [2.75, 3.05) is 19.0 Å². The number of aliphatic hydroxyl groups excluding tert-OH is 1. The van der Waals surface area contributed by atoms with Crippen LogP contribution in [-0.4, -0.2) is 53.4 Å². The van der Waals surface area contributed by atoms with Crippen molar-refractivity contribution in [3.05, 3.63) is 23.8 Å². The highest BCUT2D eigenvalue weighted by molar-refractivity contribution is 9.09. The molecule has 0 aromatic heterocycles. The van der Waals surface area contributed by atoms with Crippen molar-refractivity contribution >= 4 is 27.5 Å². The Labute approximate surface area is 204 Å². The molecule has 4 fully saturated rings. The highest BCUT2D eigenvalue weighted by Gasteiger charge is 2.71. The standard InChI is InChI=1S/C26H35BrO6/c1-23-10-7-17(28)13-16(23)5-6-18-19-8-11-25(24(19,2)14-20(29)22(18)23)21(30)15-32-26(31-3,33-25)9-4-12-27/h7,10,13,18-20,22,29H,4-6,8-9,11-12,14-15H2,1-3H3/t18-,19-,20-,22+,23-,24-,25-,26?/m0/s1. The lowest BCUT2D eigenvalue weighted by atomic mass is 9.46. The normalized spacial score (nSPS) is 48.9. The van der Waals surface area contributed by atoms with Crippen molar-refractivity contribution in [1.82, 2.24) is 0 Å². The predicted molar refractivity (Wildman–Crippen MR) is 126 cm³/mol. The summed E-state index contributed by atoms with van der Waals surface area (Å²) in [5.74, 6) is -0.681. The molecule has 182 valence electrons. The monoisotopic (exact) mass is 522 g/mol. The maximum atomic E-state index is 13.5. The summed E-state index contributed by atoms with van der Waals surface area (Å²) in [6.07, 6.45) is 9.96. The van der Waals surface area contributed by atoms with Crippen molar-refractivity contribution < 1.29 is 28.9 Å². The van der Waals surface area contributed by atoms with Crippen LogP contribution < -0.4 is 0 Å². The molecule has 1 spiro atoms. The molecule has 1 N–H and O–H groups in total. The molecule has 3 saturated carbocycles. The number of rotatable bonds is 4. The first kappa shape index (κ1) is 23.9. The van der Waals surface area contributed by atoms with Gasteiger partial charge in [-0.2, -0.15) is 0 Å². The summed E-state index contributed by atoms with van der Waals surface area (Å²) in [5.41, 5.74) is -0.698. The number of aliphatic hydroxyl groups is 1. The lowest BCUT2D eigenvalue weighted by Crippen LogP contribution is -2.67. The van der Waals surface area contributed by atoms with Crippen LogP contribution in [0.2, 0.25) is 0 Å². The number of methoxy groups -OCH3 is 1. The topological polar surface area (TPSA) is 82.1 Å². The van der Waals surface area contributed by atoms with Gasteiger partial charge in [-0.05, 0) is 62.5 Å². The van der Waals surface area contributed by atoms with Crippen molar-refractivity contribution in [1.29, 1.82) is 0 Å². The molecule has 1 saturated heterocycles. The molecule has 1 aliphatic heterocycles. The van der Waals surface area contributed by atoms with Gasteiger partial charge in [-0.25, -0.2) is 0 Å². The first-order valence-corrected chi connectivity index (χ1v) is 13.4. The highest BCUT2D eigenvalue weighted by atomic mass is 79.9. The van der Waals surface area contributed by atoms with Gasteiger partial charge in [0.15, 0.2) is 11.6 Å². The van der Waals surface area contributed by atoms with E-state index in [9.17, 15) is 14.7 Å². The van der Waals surface area contributed by atoms with Gasteiger partial charge in [0.05, 0.1) is 6.10 Å². The van der Waals surface area contributed by atoms with Gasteiger partial charge in [0.1, 0.15) is 12.2 Å². The van der Waals surface area contributed by atoms with Crippen LogP contribution >= 0.6 is 15.9 Å². The average molecular weight is 523 g/mol. The summed E-state index contributed by atoms with van der Waals surface area (Å²) in [6, 6.07) is 0. The van der Waals surface area contributed by atoms with Gasteiger partial charge < -0.3 is 19.3 Å². The average Bonchev–Trinajstić information content (AvgIpc) is 3.07. The summed E-state index contributed by atoms with van der Waals surface area (Å²) in [5, 5.41) is 12.4. The Morgan fingerprint density at radius 1 is 1.27 bits per heavy atom. The molecular formula is C26H35BrO6. The Balaban J connectivity index is 1.51. The number of hydrogen-bond donors (Lipinski definition) is 1. The zero-order chi connectivity index (χ0) is 23.6. The molecule has 0 aromatic rings. The first-order valence-electron chi connectivity index (χ1n) is 12.3. The molecule has 1 heterocycles. The number of allylic oxidation sites excluding steroid dienone is 4. The van der Waals surface area contributed by atoms with E-state index in [0.29, 0.717) is 19.3 Å². The van der Waals surface area contributed by atoms with Gasteiger partial charge in [-0.15, -0.1) is 0 Å². The molecule has 33 heavy (non-hydrogen) atoms. The van der Waals surface area contributed by atoms with Crippen LogP contribution in [0, 0.1) is 28.6 Å². The van der Waals surface area contributed by atoms with E-state index in [2.05, 4.69) is 29.8 Å². The van der Waals surface area contributed by atoms with Crippen molar-refractivity contribution in [2.45, 2.75) is 76.5 Å². The van der Waals surface area contributed by atoms with Crippen molar-refractivity contribution in [2.24, 2.45) is 28.6 Å². The van der Waals surface area contributed by atoms with Crippen LogP contribution in [0.25, 0.3) is 0 Å². The summed E-state index contributed by atoms with van der Waals surface area (Å²) >= 11 is 3.47. The zero-order valence-electron chi connectivity index (χ0n) is 19.8. The predicted octanol–water partition coefficient (Wildman–Crippen LogP) is 4.10. The molecule has 5 rings (SSSR count). The Morgan fingerprint density at radius 3 is 2.79 bits per heavy atom. The smallest absolute Gasteiger partial charge is 0.284 e. The fourth-order valence-corrected chi connectivity index (χ4v) is 8.47. The van der Waals surface area contributed by atoms with E-state index < -0.39 is 23.1 Å². The number of Topliss-reactive ketones (excluding diaryl/α,β-unsaturated/α-hetero) is 1. The second-order valence-electron chi connectivity index (χ2n) is 11.1. The number of carbonyl (C=O) groups is 2. The quantitative estimate of drug-likeness (QED) is 0.559.